The molecule has 52 heavy (non-hydrogen) atoms. The van der Waals surface area contributed by atoms with E-state index < -0.39 is 0 Å². The Morgan fingerprint density at radius 1 is 0.192 bits per heavy atom. The van der Waals surface area contributed by atoms with Gasteiger partial charge in [0.1, 0.15) is 0 Å². The molecule has 0 saturated carbocycles. The molecule has 0 aliphatic heterocycles. The molecule has 0 radical (unpaired) electrons. The lowest BCUT2D eigenvalue weighted by Crippen LogP contribution is -1.93. The highest BCUT2D eigenvalue weighted by Crippen LogP contribution is 2.47. The van der Waals surface area contributed by atoms with Gasteiger partial charge in [-0.15, -0.1) is 0 Å². The van der Waals surface area contributed by atoms with Gasteiger partial charge in [-0.3, -0.25) is 0 Å². The van der Waals surface area contributed by atoms with Gasteiger partial charge < -0.3 is 0 Å². The van der Waals surface area contributed by atoms with Crippen LogP contribution >= 0.6 is 0 Å². The molecule has 0 heteroatoms. The number of benzene rings is 10. The summed E-state index contributed by atoms with van der Waals surface area (Å²) < 4.78 is 0. The molecule has 0 unspecified atom stereocenters. The Kier molecular flexibility index (Phi) is 7.25. The van der Waals surface area contributed by atoms with Crippen LogP contribution < -0.4 is 0 Å². The lowest BCUT2D eigenvalue weighted by molar-refractivity contribution is 1.60. The molecule has 0 spiro atoms. The van der Waals surface area contributed by atoms with Crippen LogP contribution in [0, 0.1) is 0 Å². The maximum Gasteiger partial charge on any atom is -0.00201 e. The van der Waals surface area contributed by atoms with E-state index in [0.29, 0.717) is 0 Å². The Hall–Kier alpha value is -6.76. The molecule has 0 aromatic heterocycles. The average Bonchev–Trinajstić information content (AvgIpc) is 3.22. The predicted molar refractivity (Wildman–Crippen MR) is 224 cm³/mol. The lowest BCUT2D eigenvalue weighted by atomic mass is 9.82. The first-order valence-electron chi connectivity index (χ1n) is 18.0. The number of rotatable bonds is 5. The van der Waals surface area contributed by atoms with Crippen LogP contribution in [0.5, 0.6) is 0 Å². The maximum atomic E-state index is 2.44. The first-order valence-corrected chi connectivity index (χ1v) is 18.0. The molecular formula is C52H34. The second-order valence-electron chi connectivity index (χ2n) is 13.6. The monoisotopic (exact) mass is 658 g/mol. The molecule has 0 amide bonds. The summed E-state index contributed by atoms with van der Waals surface area (Å²) in [5.41, 5.74) is 12.4. The third kappa shape index (κ3) is 5.00. The van der Waals surface area contributed by atoms with Gasteiger partial charge in [0, 0.05) is 0 Å². The second kappa shape index (κ2) is 12.5. The fourth-order valence-corrected chi connectivity index (χ4v) is 8.29. The zero-order chi connectivity index (χ0) is 34.4. The minimum Gasteiger partial charge on any atom is -0.0622 e. The van der Waals surface area contributed by atoms with Crippen LogP contribution in [-0.2, 0) is 0 Å². The zero-order valence-corrected chi connectivity index (χ0v) is 28.6. The van der Waals surface area contributed by atoms with Crippen LogP contribution in [0.2, 0.25) is 0 Å². The van der Waals surface area contributed by atoms with Crippen molar-refractivity contribution in [2.75, 3.05) is 0 Å². The largest absolute Gasteiger partial charge is 0.0622 e. The molecule has 0 atom stereocenters. The van der Waals surface area contributed by atoms with E-state index in [1.54, 1.807) is 0 Å². The molecular weight excluding hydrogens is 625 g/mol. The summed E-state index contributed by atoms with van der Waals surface area (Å²) in [5, 5.41) is 10.0. The fourth-order valence-electron chi connectivity index (χ4n) is 8.29. The molecule has 0 heterocycles. The molecule has 10 rings (SSSR count). The Morgan fingerprint density at radius 2 is 0.615 bits per heavy atom. The van der Waals surface area contributed by atoms with Crippen LogP contribution in [0.4, 0.5) is 0 Å². The number of hydrogen-bond acceptors (Lipinski definition) is 0. The van der Waals surface area contributed by atoms with E-state index in [4.69, 9.17) is 0 Å². The van der Waals surface area contributed by atoms with Gasteiger partial charge in [-0.2, -0.15) is 0 Å². The van der Waals surface area contributed by atoms with E-state index in [1.807, 2.05) is 0 Å². The number of hydrogen-bond donors (Lipinski definition) is 0. The van der Waals surface area contributed by atoms with Crippen molar-refractivity contribution in [1.29, 1.82) is 0 Å². The van der Waals surface area contributed by atoms with Crippen molar-refractivity contribution in [3.63, 3.8) is 0 Å². The molecule has 0 fully saturated rings. The summed E-state index contributed by atoms with van der Waals surface area (Å²) in [6.07, 6.45) is 0. The van der Waals surface area contributed by atoms with E-state index in [1.165, 1.54) is 98.7 Å². The van der Waals surface area contributed by atoms with Crippen molar-refractivity contribution in [2.45, 2.75) is 0 Å². The third-order valence-corrected chi connectivity index (χ3v) is 10.7. The van der Waals surface area contributed by atoms with Crippen molar-refractivity contribution in [2.24, 2.45) is 0 Å². The molecule has 242 valence electrons. The predicted octanol–water partition coefficient (Wildman–Crippen LogP) is 14.6. The molecule has 10 aromatic rings. The van der Waals surface area contributed by atoms with Gasteiger partial charge in [0.25, 0.3) is 0 Å². The smallest absolute Gasteiger partial charge is 0.00201 e. The third-order valence-electron chi connectivity index (χ3n) is 10.7. The van der Waals surface area contributed by atoms with Crippen molar-refractivity contribution < 1.29 is 0 Å². The average molecular weight is 659 g/mol. The number of fused-ring (bicyclic) bond motifs is 4. The summed E-state index contributed by atoms with van der Waals surface area (Å²) >= 11 is 0. The van der Waals surface area contributed by atoms with E-state index in [9.17, 15) is 0 Å². The summed E-state index contributed by atoms with van der Waals surface area (Å²) in [4.78, 5) is 0. The van der Waals surface area contributed by atoms with E-state index >= 15 is 0 Å². The van der Waals surface area contributed by atoms with Crippen molar-refractivity contribution in [3.05, 3.63) is 206 Å². The van der Waals surface area contributed by atoms with Crippen LogP contribution in [0.25, 0.3) is 98.7 Å². The summed E-state index contributed by atoms with van der Waals surface area (Å²) in [6.45, 7) is 0. The van der Waals surface area contributed by atoms with Crippen molar-refractivity contribution >= 4 is 43.1 Å². The van der Waals surface area contributed by atoms with E-state index in [0.717, 1.165) is 0 Å². The van der Waals surface area contributed by atoms with E-state index in [-0.39, 0.29) is 0 Å². The van der Waals surface area contributed by atoms with Crippen LogP contribution in [0.3, 0.4) is 0 Å². The molecule has 0 bridgehead atoms. The zero-order valence-electron chi connectivity index (χ0n) is 28.6. The quantitative estimate of drug-likeness (QED) is 0.161. The minimum atomic E-state index is 1.21. The molecule has 10 aromatic carbocycles. The minimum absolute atomic E-state index is 1.21. The molecule has 0 aliphatic carbocycles. The van der Waals surface area contributed by atoms with Gasteiger partial charge >= 0.3 is 0 Å². The van der Waals surface area contributed by atoms with Gasteiger partial charge in [0.05, 0.1) is 0 Å². The summed E-state index contributed by atoms with van der Waals surface area (Å²) in [5.74, 6) is 0. The van der Waals surface area contributed by atoms with Crippen LogP contribution in [0.1, 0.15) is 0 Å². The highest BCUT2D eigenvalue weighted by Gasteiger charge is 2.20. The normalized spacial score (nSPS) is 11.5. The van der Waals surface area contributed by atoms with Crippen LogP contribution in [-0.4, -0.2) is 0 Å². The van der Waals surface area contributed by atoms with Crippen molar-refractivity contribution in [3.8, 4) is 55.6 Å². The molecule has 0 aliphatic rings. The first-order chi connectivity index (χ1) is 25.8. The van der Waals surface area contributed by atoms with E-state index in [2.05, 4.69) is 206 Å². The van der Waals surface area contributed by atoms with Gasteiger partial charge in [0.2, 0.25) is 0 Å². The highest BCUT2D eigenvalue weighted by atomic mass is 14.2. The van der Waals surface area contributed by atoms with Gasteiger partial charge in [-0.1, -0.05) is 200 Å². The standard InChI is InChI=1S/C52H34/c1-2-14-35(15-3-1)44-22-8-9-23-46(44)52-48-25-11-10-24-47(48)51(39-30-28-38(29-31-39)43-26-12-18-36-16-4-6-20-41(36)43)50-34-40(32-33-49(50)52)45-27-13-19-37-17-5-7-21-42(37)45/h1-34H. The Labute approximate surface area is 303 Å². The summed E-state index contributed by atoms with van der Waals surface area (Å²) in [6, 6.07) is 75.6. The molecule has 0 N–H and O–H groups in total. The topological polar surface area (TPSA) is 0 Å². The van der Waals surface area contributed by atoms with Crippen molar-refractivity contribution in [1.82, 2.24) is 0 Å². The van der Waals surface area contributed by atoms with Crippen LogP contribution in [0.15, 0.2) is 206 Å². The molecule has 0 nitrogen and oxygen atoms in total. The highest BCUT2D eigenvalue weighted by molar-refractivity contribution is 6.23. The van der Waals surface area contributed by atoms with Gasteiger partial charge in [-0.25, -0.2) is 0 Å². The fraction of sp³-hybridized carbons (Fsp3) is 0. The van der Waals surface area contributed by atoms with Gasteiger partial charge in [0.15, 0.2) is 0 Å². The second-order valence-corrected chi connectivity index (χ2v) is 13.6. The van der Waals surface area contributed by atoms with Gasteiger partial charge in [-0.05, 0) is 105 Å². The SMILES string of the molecule is c1ccc(-c2ccccc2-c2c3ccccc3c(-c3ccc(-c4cccc5ccccc45)cc3)c3cc(-c4cccc5ccccc45)ccc23)cc1. The Morgan fingerprint density at radius 3 is 1.29 bits per heavy atom. The maximum absolute atomic E-state index is 2.44. The first kappa shape index (κ1) is 30.1. The molecule has 0 saturated heterocycles. The Balaban J connectivity index is 1.27. The lowest BCUT2D eigenvalue weighted by Gasteiger charge is -2.21. The summed E-state index contributed by atoms with van der Waals surface area (Å²) in [7, 11) is 0. The Bertz CT molecular complexity index is 2920.